The van der Waals surface area contributed by atoms with Crippen LogP contribution in [0.4, 0.5) is 0 Å². The molecule has 4 nitrogen and oxygen atoms in total. The maximum absolute atomic E-state index is 11.2. The number of carboxylic acids is 1. The van der Waals surface area contributed by atoms with E-state index < -0.39 is 11.8 Å². The number of ketones is 1. The first kappa shape index (κ1) is 13.2. The van der Waals surface area contributed by atoms with Crippen LogP contribution >= 0.6 is 0 Å². The van der Waals surface area contributed by atoms with E-state index in [1.807, 2.05) is 0 Å². The zero-order chi connectivity index (χ0) is 12.6. The molecule has 92 valence electrons. The second kappa shape index (κ2) is 4.17. The third-order valence-electron chi connectivity index (χ3n) is 2.99. The van der Waals surface area contributed by atoms with Crippen molar-refractivity contribution >= 4 is 11.8 Å². The Balaban J connectivity index is 2.68. The average molecular weight is 227 g/mol. The van der Waals surface area contributed by atoms with Crippen LogP contribution in [0.2, 0.25) is 0 Å². The molecule has 0 aromatic heterocycles. The van der Waals surface area contributed by atoms with Crippen LogP contribution in [0, 0.1) is 5.92 Å². The van der Waals surface area contributed by atoms with Crippen molar-refractivity contribution in [2.75, 3.05) is 0 Å². The van der Waals surface area contributed by atoms with Crippen molar-refractivity contribution in [2.24, 2.45) is 5.92 Å². The van der Waals surface area contributed by atoms with Gasteiger partial charge in [0, 0.05) is 17.5 Å². The molecule has 0 amide bonds. The van der Waals surface area contributed by atoms with Gasteiger partial charge >= 0.3 is 5.97 Å². The minimum atomic E-state index is -1.31. The number of carbonyl (C=O) groups excluding carboxylic acids is 1. The van der Waals surface area contributed by atoms with Crippen LogP contribution < -0.4 is 5.32 Å². The normalized spacial score (nSPS) is 24.0. The minimum absolute atomic E-state index is 0.0365. The number of carbonyl (C=O) groups is 2. The summed E-state index contributed by atoms with van der Waals surface area (Å²) in [6.07, 6.45) is 1.84. The van der Waals surface area contributed by atoms with E-state index in [9.17, 15) is 9.59 Å². The maximum atomic E-state index is 11.2. The fraction of sp³-hybridized carbons (Fsp3) is 0.833. The largest absolute Gasteiger partial charge is 0.476 e. The second-order valence-corrected chi connectivity index (χ2v) is 6.10. The van der Waals surface area contributed by atoms with Gasteiger partial charge in [-0.15, -0.1) is 0 Å². The Labute approximate surface area is 96.4 Å². The standard InChI is InChI=1S/C12H21NO3/c1-11(2)6-8(5-9(14)10(15)16)7-12(3,4)13-11/h8,13H,5-7H2,1-4H3,(H,15,16). The van der Waals surface area contributed by atoms with Crippen LogP contribution in [-0.2, 0) is 9.59 Å². The van der Waals surface area contributed by atoms with Gasteiger partial charge in [0.15, 0.2) is 0 Å². The molecule has 1 fully saturated rings. The van der Waals surface area contributed by atoms with Crippen molar-refractivity contribution in [3.05, 3.63) is 0 Å². The Hall–Kier alpha value is -0.900. The molecule has 1 saturated heterocycles. The van der Waals surface area contributed by atoms with Crippen LogP contribution in [0.3, 0.4) is 0 Å². The molecule has 0 spiro atoms. The van der Waals surface area contributed by atoms with Crippen LogP contribution in [0.15, 0.2) is 0 Å². The van der Waals surface area contributed by atoms with Crippen LogP contribution in [0.25, 0.3) is 0 Å². The van der Waals surface area contributed by atoms with E-state index in [1.165, 1.54) is 0 Å². The molecular weight excluding hydrogens is 206 g/mol. The van der Waals surface area contributed by atoms with Gasteiger partial charge in [0.1, 0.15) is 0 Å². The van der Waals surface area contributed by atoms with Crippen molar-refractivity contribution in [1.82, 2.24) is 5.32 Å². The number of carboxylic acid groups (broad SMARTS) is 1. The number of hydrogen-bond acceptors (Lipinski definition) is 3. The zero-order valence-electron chi connectivity index (χ0n) is 10.5. The average Bonchev–Trinajstić information content (AvgIpc) is 1.96. The van der Waals surface area contributed by atoms with Gasteiger partial charge in [-0.3, -0.25) is 4.79 Å². The van der Waals surface area contributed by atoms with Gasteiger partial charge < -0.3 is 10.4 Å². The van der Waals surface area contributed by atoms with Crippen LogP contribution in [0.5, 0.6) is 0 Å². The lowest BCUT2D eigenvalue weighted by Crippen LogP contribution is -2.58. The summed E-state index contributed by atoms with van der Waals surface area (Å²) in [5.41, 5.74) is -0.0730. The van der Waals surface area contributed by atoms with Gasteiger partial charge in [0.25, 0.3) is 0 Å². The van der Waals surface area contributed by atoms with E-state index in [4.69, 9.17) is 5.11 Å². The molecule has 0 unspecified atom stereocenters. The molecular formula is C12H21NO3. The van der Waals surface area contributed by atoms with Gasteiger partial charge in [0.2, 0.25) is 5.78 Å². The first-order valence-corrected chi connectivity index (χ1v) is 5.67. The summed E-state index contributed by atoms with van der Waals surface area (Å²) >= 11 is 0. The lowest BCUT2D eigenvalue weighted by molar-refractivity contribution is -0.149. The summed E-state index contributed by atoms with van der Waals surface area (Å²) in [5, 5.41) is 12.1. The highest BCUT2D eigenvalue weighted by molar-refractivity contribution is 6.32. The van der Waals surface area contributed by atoms with Crippen molar-refractivity contribution < 1.29 is 14.7 Å². The lowest BCUT2D eigenvalue weighted by Gasteiger charge is -2.46. The fourth-order valence-corrected chi connectivity index (χ4v) is 3.03. The molecule has 0 aliphatic carbocycles. The second-order valence-electron chi connectivity index (χ2n) is 6.10. The molecule has 1 aliphatic rings. The molecule has 16 heavy (non-hydrogen) atoms. The third kappa shape index (κ3) is 3.59. The topological polar surface area (TPSA) is 66.4 Å². The third-order valence-corrected chi connectivity index (χ3v) is 2.99. The van der Waals surface area contributed by atoms with E-state index in [-0.39, 0.29) is 23.4 Å². The first-order chi connectivity index (χ1) is 7.11. The van der Waals surface area contributed by atoms with Gasteiger partial charge in [-0.1, -0.05) is 0 Å². The van der Waals surface area contributed by atoms with E-state index in [1.54, 1.807) is 0 Å². The monoisotopic (exact) mass is 227 g/mol. The Morgan fingerprint density at radius 3 is 2.00 bits per heavy atom. The fourth-order valence-electron chi connectivity index (χ4n) is 3.03. The van der Waals surface area contributed by atoms with Crippen molar-refractivity contribution in [2.45, 2.75) is 58.0 Å². The quantitative estimate of drug-likeness (QED) is 0.718. The molecule has 1 heterocycles. The molecule has 1 rings (SSSR count). The summed E-state index contributed by atoms with van der Waals surface area (Å²) in [6.45, 7) is 8.36. The van der Waals surface area contributed by atoms with E-state index in [2.05, 4.69) is 33.0 Å². The predicted molar refractivity (Wildman–Crippen MR) is 61.3 cm³/mol. The predicted octanol–water partition coefficient (Wildman–Crippen LogP) is 1.59. The first-order valence-electron chi connectivity index (χ1n) is 5.67. The summed E-state index contributed by atoms with van der Waals surface area (Å²) < 4.78 is 0. The summed E-state index contributed by atoms with van der Waals surface area (Å²) in [5.74, 6) is -1.82. The highest BCUT2D eigenvalue weighted by Gasteiger charge is 2.38. The number of rotatable bonds is 3. The van der Waals surface area contributed by atoms with E-state index >= 15 is 0 Å². The number of aliphatic carboxylic acids is 1. The molecule has 2 N–H and O–H groups in total. The highest BCUT2D eigenvalue weighted by atomic mass is 16.4. The maximum Gasteiger partial charge on any atom is 0.372 e. The summed E-state index contributed by atoms with van der Waals surface area (Å²) in [6, 6.07) is 0. The molecule has 4 heteroatoms. The SMILES string of the molecule is CC1(C)CC(CC(=O)C(=O)O)CC(C)(C)N1. The van der Waals surface area contributed by atoms with Crippen molar-refractivity contribution in [1.29, 1.82) is 0 Å². The molecule has 0 aromatic rings. The summed E-state index contributed by atoms with van der Waals surface area (Å²) in [4.78, 5) is 21.7. The molecule has 0 atom stereocenters. The van der Waals surface area contributed by atoms with Gasteiger partial charge in [-0.05, 0) is 46.5 Å². The molecule has 1 aliphatic heterocycles. The Bertz CT molecular complexity index is 291. The van der Waals surface area contributed by atoms with Crippen LogP contribution in [0.1, 0.15) is 47.0 Å². The minimum Gasteiger partial charge on any atom is -0.476 e. The molecule has 0 saturated carbocycles. The lowest BCUT2D eigenvalue weighted by atomic mass is 9.74. The van der Waals surface area contributed by atoms with Gasteiger partial charge in [-0.25, -0.2) is 4.79 Å². The Kier molecular flexibility index (Phi) is 3.43. The number of nitrogens with one attached hydrogen (secondary N) is 1. The number of piperidine rings is 1. The Morgan fingerprint density at radius 1 is 1.19 bits per heavy atom. The smallest absolute Gasteiger partial charge is 0.372 e. The van der Waals surface area contributed by atoms with Crippen LogP contribution in [-0.4, -0.2) is 27.9 Å². The molecule has 0 aromatic carbocycles. The van der Waals surface area contributed by atoms with E-state index in [0.29, 0.717) is 0 Å². The number of Topliss-reactive ketones (excluding diaryl/α,β-unsaturated/α-hetero) is 1. The number of hydrogen-bond donors (Lipinski definition) is 2. The van der Waals surface area contributed by atoms with E-state index in [0.717, 1.165) is 12.8 Å². The molecule has 0 radical (unpaired) electrons. The van der Waals surface area contributed by atoms with Crippen molar-refractivity contribution in [3.63, 3.8) is 0 Å². The Morgan fingerprint density at radius 2 is 1.62 bits per heavy atom. The van der Waals surface area contributed by atoms with Gasteiger partial charge in [0.05, 0.1) is 0 Å². The zero-order valence-corrected chi connectivity index (χ0v) is 10.5. The van der Waals surface area contributed by atoms with Crippen molar-refractivity contribution in [3.8, 4) is 0 Å². The highest BCUT2D eigenvalue weighted by Crippen LogP contribution is 2.34. The molecule has 0 bridgehead atoms. The summed E-state index contributed by atoms with van der Waals surface area (Å²) in [7, 11) is 0. The van der Waals surface area contributed by atoms with Gasteiger partial charge in [-0.2, -0.15) is 0 Å².